The second-order valence-electron chi connectivity index (χ2n) is 6.44. The summed E-state index contributed by atoms with van der Waals surface area (Å²) in [6.45, 7) is 3.24. The molecular weight excluding hydrogens is 343 g/mol. The van der Waals surface area contributed by atoms with Gasteiger partial charge in [0.1, 0.15) is 18.0 Å². The van der Waals surface area contributed by atoms with Crippen molar-refractivity contribution in [3.8, 4) is 5.82 Å². The number of carbonyl (C=O) groups is 1. The van der Waals surface area contributed by atoms with Crippen LogP contribution in [-0.4, -0.2) is 31.9 Å². The molecule has 0 bridgehead atoms. The van der Waals surface area contributed by atoms with Gasteiger partial charge >= 0.3 is 0 Å². The second-order valence-corrected chi connectivity index (χ2v) is 6.44. The van der Waals surface area contributed by atoms with Crippen molar-refractivity contribution in [2.45, 2.75) is 32.7 Å². The fraction of sp³-hybridized carbons (Fsp3) is 0.286. The molecule has 140 valence electrons. The Balaban J connectivity index is 1.75. The highest BCUT2D eigenvalue weighted by atomic mass is 19.1. The van der Waals surface area contributed by atoms with Crippen LogP contribution in [0.3, 0.4) is 0 Å². The molecule has 27 heavy (non-hydrogen) atoms. The standard InChI is InChI=1S/C21H23FN4O/c1-2-3-4-12-25(15-17-5-8-19(22)9-6-17)21(27)18-7-10-20(24-14-18)26-13-11-23-16-26/h5-11,13-14,16H,2-4,12,15H2,1H3. The molecule has 0 aliphatic carbocycles. The number of halogens is 1. The molecular formula is C21H23FN4O. The number of amides is 1. The molecule has 0 atom stereocenters. The Labute approximate surface area is 158 Å². The topological polar surface area (TPSA) is 51.0 Å². The molecule has 1 aromatic carbocycles. The first-order chi connectivity index (χ1) is 13.2. The number of benzene rings is 1. The van der Waals surface area contributed by atoms with Crippen LogP contribution in [-0.2, 0) is 6.54 Å². The summed E-state index contributed by atoms with van der Waals surface area (Å²) in [4.78, 5) is 23.2. The van der Waals surface area contributed by atoms with Gasteiger partial charge in [-0.05, 0) is 36.2 Å². The zero-order chi connectivity index (χ0) is 19.1. The monoisotopic (exact) mass is 366 g/mol. The predicted octanol–water partition coefficient (Wildman–Crippen LogP) is 4.24. The van der Waals surface area contributed by atoms with Crippen molar-refractivity contribution in [2.75, 3.05) is 6.54 Å². The number of hydrogen-bond donors (Lipinski definition) is 0. The van der Waals surface area contributed by atoms with Crippen molar-refractivity contribution in [1.82, 2.24) is 19.4 Å². The Morgan fingerprint density at radius 2 is 1.96 bits per heavy atom. The number of hydrogen-bond acceptors (Lipinski definition) is 3. The van der Waals surface area contributed by atoms with Gasteiger partial charge < -0.3 is 4.90 Å². The third kappa shape index (κ3) is 5.00. The van der Waals surface area contributed by atoms with E-state index in [2.05, 4.69) is 16.9 Å². The minimum atomic E-state index is -0.276. The molecule has 6 heteroatoms. The first-order valence-corrected chi connectivity index (χ1v) is 9.15. The minimum absolute atomic E-state index is 0.0693. The quantitative estimate of drug-likeness (QED) is 0.560. The number of aromatic nitrogens is 3. The van der Waals surface area contributed by atoms with Crippen molar-refractivity contribution in [1.29, 1.82) is 0 Å². The fourth-order valence-electron chi connectivity index (χ4n) is 2.86. The van der Waals surface area contributed by atoms with Gasteiger partial charge in [0.25, 0.3) is 5.91 Å². The number of pyridine rings is 1. The molecule has 0 saturated heterocycles. The van der Waals surface area contributed by atoms with Crippen LogP contribution in [0.15, 0.2) is 61.3 Å². The molecule has 0 fully saturated rings. The van der Waals surface area contributed by atoms with Gasteiger partial charge in [-0.25, -0.2) is 14.4 Å². The Hall–Kier alpha value is -3.02. The van der Waals surface area contributed by atoms with Crippen LogP contribution in [0.2, 0.25) is 0 Å². The molecule has 0 N–H and O–H groups in total. The highest BCUT2D eigenvalue weighted by Crippen LogP contribution is 2.13. The first kappa shape index (κ1) is 18.8. The lowest BCUT2D eigenvalue weighted by atomic mass is 10.1. The van der Waals surface area contributed by atoms with Crippen LogP contribution in [0.1, 0.15) is 42.1 Å². The molecule has 0 unspecified atom stereocenters. The van der Waals surface area contributed by atoms with Crippen LogP contribution in [0.4, 0.5) is 4.39 Å². The van der Waals surface area contributed by atoms with Crippen molar-refractivity contribution < 1.29 is 9.18 Å². The molecule has 0 saturated carbocycles. The predicted molar refractivity (Wildman–Crippen MR) is 102 cm³/mol. The van der Waals surface area contributed by atoms with Gasteiger partial charge in [0.05, 0.1) is 5.56 Å². The summed E-state index contributed by atoms with van der Waals surface area (Å²) in [6, 6.07) is 9.86. The maximum Gasteiger partial charge on any atom is 0.255 e. The Kier molecular flexibility index (Phi) is 6.30. The second kappa shape index (κ2) is 9.07. The smallest absolute Gasteiger partial charge is 0.255 e. The minimum Gasteiger partial charge on any atom is -0.334 e. The molecule has 0 aliphatic heterocycles. The Morgan fingerprint density at radius 1 is 1.15 bits per heavy atom. The first-order valence-electron chi connectivity index (χ1n) is 9.15. The average molecular weight is 366 g/mol. The number of nitrogens with zero attached hydrogens (tertiary/aromatic N) is 4. The fourth-order valence-corrected chi connectivity index (χ4v) is 2.86. The summed E-state index contributed by atoms with van der Waals surface area (Å²) in [7, 11) is 0. The molecule has 3 rings (SSSR count). The van der Waals surface area contributed by atoms with E-state index in [1.165, 1.54) is 12.1 Å². The summed E-state index contributed by atoms with van der Waals surface area (Å²) >= 11 is 0. The normalized spacial score (nSPS) is 10.7. The van der Waals surface area contributed by atoms with Crippen molar-refractivity contribution >= 4 is 5.91 Å². The molecule has 0 aliphatic rings. The third-order valence-corrected chi connectivity index (χ3v) is 4.37. The summed E-state index contributed by atoms with van der Waals surface area (Å²) in [5, 5.41) is 0. The van der Waals surface area contributed by atoms with Gasteiger partial charge in [-0.2, -0.15) is 0 Å². The molecule has 2 aromatic heterocycles. The summed E-state index contributed by atoms with van der Waals surface area (Å²) in [6.07, 6.45) is 9.81. The Morgan fingerprint density at radius 3 is 2.59 bits per heavy atom. The van der Waals surface area contributed by atoms with E-state index in [9.17, 15) is 9.18 Å². The van der Waals surface area contributed by atoms with Crippen LogP contribution < -0.4 is 0 Å². The van der Waals surface area contributed by atoms with E-state index >= 15 is 0 Å². The molecule has 3 aromatic rings. The van der Waals surface area contributed by atoms with E-state index in [4.69, 9.17) is 0 Å². The SMILES string of the molecule is CCCCCN(Cc1ccc(F)cc1)C(=O)c1ccc(-n2ccnc2)nc1. The lowest BCUT2D eigenvalue weighted by molar-refractivity contribution is 0.0739. The summed E-state index contributed by atoms with van der Waals surface area (Å²) in [5.41, 5.74) is 1.45. The maximum absolute atomic E-state index is 13.2. The lowest BCUT2D eigenvalue weighted by Crippen LogP contribution is -2.31. The highest BCUT2D eigenvalue weighted by molar-refractivity contribution is 5.94. The van der Waals surface area contributed by atoms with Gasteiger partial charge in [-0.3, -0.25) is 9.36 Å². The summed E-state index contributed by atoms with van der Waals surface area (Å²) in [5.74, 6) is 0.363. The Bertz CT molecular complexity index is 845. The van der Waals surface area contributed by atoms with Crippen molar-refractivity contribution in [2.24, 2.45) is 0 Å². The van der Waals surface area contributed by atoms with E-state index in [-0.39, 0.29) is 11.7 Å². The highest BCUT2D eigenvalue weighted by Gasteiger charge is 2.16. The van der Waals surface area contributed by atoms with E-state index in [0.717, 1.165) is 24.8 Å². The van der Waals surface area contributed by atoms with Gasteiger partial charge in [-0.15, -0.1) is 0 Å². The number of carbonyl (C=O) groups excluding carboxylic acids is 1. The van der Waals surface area contributed by atoms with E-state index in [0.29, 0.717) is 24.5 Å². The van der Waals surface area contributed by atoms with Crippen LogP contribution in [0.5, 0.6) is 0 Å². The van der Waals surface area contributed by atoms with Gasteiger partial charge in [0.2, 0.25) is 0 Å². The van der Waals surface area contributed by atoms with Crippen molar-refractivity contribution in [3.05, 3.63) is 78.3 Å². The van der Waals surface area contributed by atoms with Crippen LogP contribution in [0, 0.1) is 5.82 Å². The van der Waals surface area contributed by atoms with Crippen LogP contribution >= 0.6 is 0 Å². The number of unbranched alkanes of at least 4 members (excludes halogenated alkanes) is 2. The third-order valence-electron chi connectivity index (χ3n) is 4.37. The maximum atomic E-state index is 13.2. The largest absolute Gasteiger partial charge is 0.334 e. The van der Waals surface area contributed by atoms with E-state index in [1.54, 1.807) is 58.7 Å². The molecule has 0 spiro atoms. The van der Waals surface area contributed by atoms with E-state index in [1.807, 2.05) is 0 Å². The summed E-state index contributed by atoms with van der Waals surface area (Å²) < 4.78 is 14.9. The van der Waals surface area contributed by atoms with Gasteiger partial charge in [0, 0.05) is 31.7 Å². The lowest BCUT2D eigenvalue weighted by Gasteiger charge is -2.23. The average Bonchev–Trinajstić information content (AvgIpc) is 3.23. The number of rotatable bonds is 8. The number of imidazole rings is 1. The molecule has 1 amide bonds. The molecule has 0 radical (unpaired) electrons. The van der Waals surface area contributed by atoms with Crippen molar-refractivity contribution in [3.63, 3.8) is 0 Å². The van der Waals surface area contributed by atoms with E-state index < -0.39 is 0 Å². The van der Waals surface area contributed by atoms with Gasteiger partial charge in [-0.1, -0.05) is 31.9 Å². The molecule has 2 heterocycles. The molecule has 5 nitrogen and oxygen atoms in total. The zero-order valence-electron chi connectivity index (χ0n) is 15.4. The zero-order valence-corrected chi connectivity index (χ0v) is 15.4. The van der Waals surface area contributed by atoms with Crippen LogP contribution in [0.25, 0.3) is 5.82 Å². The van der Waals surface area contributed by atoms with Gasteiger partial charge in [0.15, 0.2) is 0 Å².